The molecule has 1 spiro atoms. The van der Waals surface area contributed by atoms with E-state index in [-0.39, 0.29) is 41.0 Å². The number of hydrogen-bond acceptors (Lipinski definition) is 6. The van der Waals surface area contributed by atoms with Gasteiger partial charge in [0, 0.05) is 31.0 Å². The number of hydrogen-bond donors (Lipinski definition) is 0. The molecule has 5 aliphatic rings. The van der Waals surface area contributed by atoms with E-state index in [1.807, 2.05) is 0 Å². The number of carbonyl (C=O) groups is 1. The fraction of sp³-hybridized carbons (Fsp3) is 0.731. The van der Waals surface area contributed by atoms with Gasteiger partial charge in [-0.2, -0.15) is 0 Å². The van der Waals surface area contributed by atoms with Crippen LogP contribution in [-0.4, -0.2) is 56.0 Å². The normalized spacial score (nSPS) is 42.2. The lowest BCUT2D eigenvalue weighted by atomic mass is 9.53. The van der Waals surface area contributed by atoms with Crippen LogP contribution in [0.1, 0.15) is 50.7 Å². The van der Waals surface area contributed by atoms with E-state index >= 15 is 0 Å². The molecule has 0 radical (unpaired) electrons. The lowest BCUT2D eigenvalue weighted by molar-refractivity contribution is -0.146. The van der Waals surface area contributed by atoms with Gasteiger partial charge in [0.2, 0.25) is 0 Å². The summed E-state index contributed by atoms with van der Waals surface area (Å²) < 4.78 is 23.6. The third kappa shape index (κ3) is 2.75. The fourth-order valence-electron chi connectivity index (χ4n) is 7.82. The fourth-order valence-corrected chi connectivity index (χ4v) is 7.82. The van der Waals surface area contributed by atoms with E-state index in [1.165, 1.54) is 30.4 Å². The first-order valence-electron chi connectivity index (χ1n) is 12.2. The van der Waals surface area contributed by atoms with Crippen molar-refractivity contribution in [1.29, 1.82) is 0 Å². The third-order valence-corrected chi connectivity index (χ3v) is 9.45. The van der Waals surface area contributed by atoms with Crippen LogP contribution in [0.15, 0.2) is 12.1 Å². The highest BCUT2D eigenvalue weighted by molar-refractivity contribution is 5.76. The van der Waals surface area contributed by atoms with Crippen molar-refractivity contribution in [1.82, 2.24) is 4.90 Å². The maximum atomic E-state index is 13.1. The zero-order valence-corrected chi connectivity index (χ0v) is 19.7. The molecule has 1 aromatic rings. The Morgan fingerprint density at radius 3 is 2.69 bits per heavy atom. The minimum Gasteiger partial charge on any atom is -0.493 e. The summed E-state index contributed by atoms with van der Waals surface area (Å²) in [7, 11) is 3.35. The van der Waals surface area contributed by atoms with Crippen LogP contribution in [0.5, 0.6) is 11.5 Å². The van der Waals surface area contributed by atoms with Gasteiger partial charge in [0.25, 0.3) is 0 Å². The molecule has 4 fully saturated rings. The molecular weight excluding hydrogens is 406 g/mol. The standard InChI is InChI=1S/C26H35NO5/c1-15-6-5-8-25(2)12-21-22(23-26(15,25)32-23)18(24(28)31-21)14-27-9-7-16-10-19(29-3)20(30-4)11-17(16)13-27/h10-11,15,18,21-23H,5-9,12-14H2,1-4H3/t15-,18-,21-,22+,23+,25+,26-/m1/s1. The van der Waals surface area contributed by atoms with Crippen LogP contribution >= 0.6 is 0 Å². The summed E-state index contributed by atoms with van der Waals surface area (Å²) >= 11 is 0. The van der Waals surface area contributed by atoms with Crippen LogP contribution in [0.4, 0.5) is 0 Å². The number of benzene rings is 1. The second kappa shape index (κ2) is 7.10. The maximum Gasteiger partial charge on any atom is 0.311 e. The number of nitrogens with zero attached hydrogens (tertiary/aromatic N) is 1. The summed E-state index contributed by atoms with van der Waals surface area (Å²) in [6, 6.07) is 4.18. The topological polar surface area (TPSA) is 60.5 Å². The molecule has 2 saturated heterocycles. The molecule has 2 aliphatic carbocycles. The molecule has 2 saturated carbocycles. The van der Waals surface area contributed by atoms with E-state index in [1.54, 1.807) is 14.2 Å². The van der Waals surface area contributed by atoms with Crippen LogP contribution in [0.2, 0.25) is 0 Å². The van der Waals surface area contributed by atoms with Crippen LogP contribution < -0.4 is 9.47 Å². The number of carbonyl (C=O) groups excluding carboxylic acids is 1. The lowest BCUT2D eigenvalue weighted by Crippen LogP contribution is -2.54. The molecule has 6 heteroatoms. The summed E-state index contributed by atoms with van der Waals surface area (Å²) in [4.78, 5) is 15.5. The first-order chi connectivity index (χ1) is 15.4. The molecule has 0 unspecified atom stereocenters. The average molecular weight is 442 g/mol. The number of rotatable bonds is 4. The van der Waals surface area contributed by atoms with E-state index in [4.69, 9.17) is 18.9 Å². The Balaban J connectivity index is 1.22. The number of ether oxygens (including phenoxy) is 4. The second-order valence-corrected chi connectivity index (χ2v) is 11.0. The maximum absolute atomic E-state index is 13.1. The minimum absolute atomic E-state index is 0.0151. The molecule has 3 aliphatic heterocycles. The Morgan fingerprint density at radius 2 is 1.94 bits per heavy atom. The Bertz CT molecular complexity index is 948. The van der Waals surface area contributed by atoms with Crippen LogP contribution in [0, 0.1) is 23.2 Å². The van der Waals surface area contributed by atoms with E-state index in [2.05, 4.69) is 30.9 Å². The molecule has 0 N–H and O–H groups in total. The summed E-state index contributed by atoms with van der Waals surface area (Å²) in [5.41, 5.74) is 2.68. The molecule has 174 valence electrons. The SMILES string of the molecule is COc1cc2c(cc1OC)CN(C[C@H]1C(=O)O[C@@H]3C[C@]4(C)CCC[C@@H](C)[C@]45O[C@H]5[C@H]31)CC2. The summed E-state index contributed by atoms with van der Waals surface area (Å²) in [5, 5.41) is 0. The summed E-state index contributed by atoms with van der Waals surface area (Å²) in [6.45, 7) is 7.24. The molecule has 7 atom stereocenters. The highest BCUT2D eigenvalue weighted by Crippen LogP contribution is 2.70. The van der Waals surface area contributed by atoms with Crippen LogP contribution in [0.3, 0.4) is 0 Å². The van der Waals surface area contributed by atoms with Crippen molar-refractivity contribution in [3.63, 3.8) is 0 Å². The first kappa shape index (κ1) is 20.8. The zero-order valence-electron chi connectivity index (χ0n) is 19.7. The van der Waals surface area contributed by atoms with Gasteiger partial charge in [-0.05, 0) is 54.9 Å². The van der Waals surface area contributed by atoms with Gasteiger partial charge in [0.15, 0.2) is 11.5 Å². The van der Waals surface area contributed by atoms with Crippen molar-refractivity contribution in [3.8, 4) is 11.5 Å². The number of fused-ring (bicyclic) bond motifs is 3. The summed E-state index contributed by atoms with van der Waals surface area (Å²) in [6.07, 6.45) is 5.78. The third-order valence-electron chi connectivity index (χ3n) is 9.45. The van der Waals surface area contributed by atoms with Gasteiger partial charge < -0.3 is 18.9 Å². The predicted molar refractivity (Wildman–Crippen MR) is 119 cm³/mol. The molecule has 6 rings (SSSR count). The number of esters is 1. The molecular formula is C26H35NO5. The minimum atomic E-state index is -0.0928. The highest BCUT2D eigenvalue weighted by atomic mass is 16.6. The van der Waals surface area contributed by atoms with Gasteiger partial charge >= 0.3 is 5.97 Å². The molecule has 32 heavy (non-hydrogen) atoms. The van der Waals surface area contributed by atoms with Gasteiger partial charge in [-0.15, -0.1) is 0 Å². The van der Waals surface area contributed by atoms with Gasteiger partial charge in [0.1, 0.15) is 11.7 Å². The predicted octanol–water partition coefficient (Wildman–Crippen LogP) is 3.59. The Hall–Kier alpha value is -1.79. The van der Waals surface area contributed by atoms with Crippen LogP contribution in [-0.2, 0) is 27.2 Å². The van der Waals surface area contributed by atoms with Crippen molar-refractivity contribution in [3.05, 3.63) is 23.3 Å². The molecule has 0 amide bonds. The van der Waals surface area contributed by atoms with E-state index in [0.29, 0.717) is 5.92 Å². The second-order valence-electron chi connectivity index (χ2n) is 11.0. The Kier molecular flexibility index (Phi) is 4.61. The van der Waals surface area contributed by atoms with Crippen molar-refractivity contribution in [2.24, 2.45) is 23.2 Å². The largest absolute Gasteiger partial charge is 0.493 e. The van der Waals surface area contributed by atoms with Gasteiger partial charge in [-0.1, -0.05) is 20.3 Å². The molecule has 6 nitrogen and oxygen atoms in total. The molecule has 0 aromatic heterocycles. The van der Waals surface area contributed by atoms with E-state index < -0.39 is 0 Å². The van der Waals surface area contributed by atoms with E-state index in [9.17, 15) is 4.79 Å². The summed E-state index contributed by atoms with van der Waals surface area (Å²) in [5.74, 6) is 2.20. The first-order valence-corrected chi connectivity index (χ1v) is 12.2. The average Bonchev–Trinajstić information content (AvgIpc) is 3.47. The zero-order chi connectivity index (χ0) is 22.3. The lowest BCUT2D eigenvalue weighted by Gasteiger charge is -2.49. The van der Waals surface area contributed by atoms with Gasteiger partial charge in [-0.3, -0.25) is 9.69 Å². The van der Waals surface area contributed by atoms with Gasteiger partial charge in [-0.25, -0.2) is 0 Å². The van der Waals surface area contributed by atoms with Gasteiger partial charge in [0.05, 0.1) is 26.2 Å². The molecule has 0 bridgehead atoms. The van der Waals surface area contributed by atoms with Crippen molar-refractivity contribution in [2.75, 3.05) is 27.3 Å². The highest BCUT2D eigenvalue weighted by Gasteiger charge is 2.78. The number of epoxide rings is 1. The monoisotopic (exact) mass is 441 g/mol. The van der Waals surface area contributed by atoms with Crippen molar-refractivity contribution < 1.29 is 23.7 Å². The van der Waals surface area contributed by atoms with E-state index in [0.717, 1.165) is 44.0 Å². The van der Waals surface area contributed by atoms with Crippen LogP contribution in [0.25, 0.3) is 0 Å². The molecule has 3 heterocycles. The smallest absolute Gasteiger partial charge is 0.311 e. The Labute approximate surface area is 190 Å². The van der Waals surface area contributed by atoms with Crippen molar-refractivity contribution in [2.45, 2.75) is 70.3 Å². The van der Waals surface area contributed by atoms with Crippen molar-refractivity contribution >= 4 is 5.97 Å². The quantitative estimate of drug-likeness (QED) is 0.526. The molecule has 1 aromatic carbocycles. The Morgan fingerprint density at radius 1 is 1.19 bits per heavy atom. The number of methoxy groups -OCH3 is 2.